The average Bonchev–Trinajstić information content (AvgIpc) is 3.18. The molecule has 3 rings (SSSR count). The largest absolute Gasteiger partial charge is 0.508 e. The highest BCUT2D eigenvalue weighted by molar-refractivity contribution is 5.96. The highest BCUT2D eigenvalue weighted by Gasteiger charge is 2.37. The lowest BCUT2D eigenvalue weighted by molar-refractivity contribution is 0.0734. The first-order chi connectivity index (χ1) is 8.65. The van der Waals surface area contributed by atoms with Crippen molar-refractivity contribution in [2.75, 3.05) is 6.54 Å². The molecule has 0 bridgehead atoms. The summed E-state index contributed by atoms with van der Waals surface area (Å²) in [6.45, 7) is 2.80. The third kappa shape index (κ3) is 2.35. The van der Waals surface area contributed by atoms with E-state index in [1.54, 1.807) is 18.2 Å². The van der Waals surface area contributed by atoms with E-state index in [4.69, 9.17) is 0 Å². The first-order valence-electron chi connectivity index (χ1n) is 6.76. The van der Waals surface area contributed by atoms with Crippen molar-refractivity contribution in [3.63, 3.8) is 0 Å². The lowest BCUT2D eigenvalue weighted by Gasteiger charge is -2.23. The van der Waals surface area contributed by atoms with Gasteiger partial charge in [-0.2, -0.15) is 0 Å². The Balaban J connectivity index is 1.81. The van der Waals surface area contributed by atoms with Gasteiger partial charge in [0.1, 0.15) is 5.75 Å². The summed E-state index contributed by atoms with van der Waals surface area (Å²) in [5.41, 5.74) is 1.60. The van der Waals surface area contributed by atoms with Gasteiger partial charge in [0.15, 0.2) is 0 Å². The quantitative estimate of drug-likeness (QED) is 0.886. The lowest BCUT2D eigenvalue weighted by Crippen LogP contribution is -2.35. The Morgan fingerprint density at radius 2 is 2.06 bits per heavy atom. The van der Waals surface area contributed by atoms with Gasteiger partial charge < -0.3 is 10.0 Å². The number of nitrogens with zero attached hydrogens (tertiary/aromatic N) is 1. The van der Waals surface area contributed by atoms with Gasteiger partial charge in [-0.15, -0.1) is 0 Å². The Bertz CT molecular complexity index is 475. The molecule has 3 nitrogen and oxygen atoms in total. The molecule has 0 aliphatic heterocycles. The highest BCUT2D eigenvalue weighted by atomic mass is 16.3. The van der Waals surface area contributed by atoms with E-state index < -0.39 is 0 Å². The van der Waals surface area contributed by atoms with Crippen LogP contribution in [0.1, 0.15) is 41.6 Å². The minimum Gasteiger partial charge on any atom is -0.508 e. The zero-order valence-corrected chi connectivity index (χ0v) is 10.7. The summed E-state index contributed by atoms with van der Waals surface area (Å²) >= 11 is 0. The zero-order valence-electron chi connectivity index (χ0n) is 10.7. The van der Waals surface area contributed by atoms with Gasteiger partial charge in [-0.3, -0.25) is 4.79 Å². The SMILES string of the molecule is Cc1cc(O)ccc1C(=O)N(CC1CC1)C1CC1. The van der Waals surface area contributed by atoms with E-state index >= 15 is 0 Å². The van der Waals surface area contributed by atoms with Crippen LogP contribution >= 0.6 is 0 Å². The summed E-state index contributed by atoms with van der Waals surface area (Å²) < 4.78 is 0. The monoisotopic (exact) mass is 245 g/mol. The number of aryl methyl sites for hydroxylation is 1. The van der Waals surface area contributed by atoms with Gasteiger partial charge in [-0.25, -0.2) is 0 Å². The van der Waals surface area contributed by atoms with Crippen LogP contribution in [0.4, 0.5) is 0 Å². The van der Waals surface area contributed by atoms with E-state index in [0.717, 1.165) is 36.4 Å². The van der Waals surface area contributed by atoms with Crippen molar-refractivity contribution in [1.29, 1.82) is 0 Å². The molecule has 0 aromatic heterocycles. The summed E-state index contributed by atoms with van der Waals surface area (Å²) in [5.74, 6) is 1.10. The van der Waals surface area contributed by atoms with Crippen LogP contribution in [0.25, 0.3) is 0 Å². The molecule has 96 valence electrons. The summed E-state index contributed by atoms with van der Waals surface area (Å²) in [4.78, 5) is 14.6. The fraction of sp³-hybridized carbons (Fsp3) is 0.533. The molecule has 1 amide bonds. The maximum atomic E-state index is 12.6. The predicted octanol–water partition coefficient (Wildman–Crippen LogP) is 2.72. The number of phenols is 1. The number of hydrogen-bond donors (Lipinski definition) is 1. The van der Waals surface area contributed by atoms with E-state index in [1.807, 2.05) is 6.92 Å². The zero-order chi connectivity index (χ0) is 12.7. The van der Waals surface area contributed by atoms with E-state index in [-0.39, 0.29) is 11.7 Å². The number of phenolic OH excluding ortho intramolecular Hbond substituents is 1. The molecule has 0 heterocycles. The van der Waals surface area contributed by atoms with Crippen LogP contribution in [-0.2, 0) is 0 Å². The molecule has 2 aliphatic carbocycles. The molecule has 1 aromatic rings. The number of hydrogen-bond acceptors (Lipinski definition) is 2. The second kappa shape index (κ2) is 4.30. The normalized spacial score (nSPS) is 18.7. The second-order valence-corrected chi connectivity index (χ2v) is 5.63. The Labute approximate surface area is 107 Å². The first-order valence-corrected chi connectivity index (χ1v) is 6.76. The van der Waals surface area contributed by atoms with E-state index in [2.05, 4.69) is 4.90 Å². The summed E-state index contributed by atoms with van der Waals surface area (Å²) in [6.07, 6.45) is 4.83. The van der Waals surface area contributed by atoms with Crippen LogP contribution in [0, 0.1) is 12.8 Å². The van der Waals surface area contributed by atoms with E-state index in [1.165, 1.54) is 12.8 Å². The fourth-order valence-electron chi connectivity index (χ4n) is 2.41. The molecule has 18 heavy (non-hydrogen) atoms. The van der Waals surface area contributed by atoms with Crippen molar-refractivity contribution in [3.8, 4) is 5.75 Å². The molecule has 2 aliphatic rings. The first kappa shape index (κ1) is 11.6. The van der Waals surface area contributed by atoms with Crippen molar-refractivity contribution in [2.45, 2.75) is 38.6 Å². The number of amides is 1. The highest BCUT2D eigenvalue weighted by Crippen LogP contribution is 2.36. The van der Waals surface area contributed by atoms with Crippen molar-refractivity contribution >= 4 is 5.91 Å². The molecule has 1 N–H and O–H groups in total. The molecule has 0 atom stereocenters. The van der Waals surface area contributed by atoms with Crippen molar-refractivity contribution in [3.05, 3.63) is 29.3 Å². The molecule has 2 saturated carbocycles. The molecule has 2 fully saturated rings. The topological polar surface area (TPSA) is 40.5 Å². The maximum absolute atomic E-state index is 12.6. The molecular weight excluding hydrogens is 226 g/mol. The van der Waals surface area contributed by atoms with Gasteiger partial charge in [0.05, 0.1) is 0 Å². The summed E-state index contributed by atoms with van der Waals surface area (Å²) in [6, 6.07) is 5.47. The standard InChI is InChI=1S/C15H19NO2/c1-10-8-13(17)6-7-14(10)15(18)16(12-4-5-12)9-11-2-3-11/h6-8,11-12,17H,2-5,9H2,1H3. The van der Waals surface area contributed by atoms with Crippen LogP contribution in [0.15, 0.2) is 18.2 Å². The molecule has 1 aromatic carbocycles. The third-order valence-electron chi connectivity index (χ3n) is 3.84. The van der Waals surface area contributed by atoms with Crippen LogP contribution in [-0.4, -0.2) is 28.5 Å². The number of carbonyl (C=O) groups is 1. The number of aromatic hydroxyl groups is 1. The predicted molar refractivity (Wildman–Crippen MR) is 69.6 cm³/mol. The average molecular weight is 245 g/mol. The maximum Gasteiger partial charge on any atom is 0.254 e. The summed E-state index contributed by atoms with van der Waals surface area (Å²) in [7, 11) is 0. The molecule has 0 saturated heterocycles. The summed E-state index contributed by atoms with van der Waals surface area (Å²) in [5, 5.41) is 9.41. The van der Waals surface area contributed by atoms with Gasteiger partial charge in [0.2, 0.25) is 0 Å². The van der Waals surface area contributed by atoms with Crippen LogP contribution < -0.4 is 0 Å². The van der Waals surface area contributed by atoms with Crippen molar-refractivity contribution in [1.82, 2.24) is 4.90 Å². The molecule has 0 radical (unpaired) electrons. The minimum atomic E-state index is 0.141. The second-order valence-electron chi connectivity index (χ2n) is 5.63. The van der Waals surface area contributed by atoms with E-state index in [9.17, 15) is 9.90 Å². The van der Waals surface area contributed by atoms with Gasteiger partial charge in [0.25, 0.3) is 5.91 Å². The van der Waals surface area contributed by atoms with Crippen LogP contribution in [0.5, 0.6) is 5.75 Å². The Morgan fingerprint density at radius 1 is 1.33 bits per heavy atom. The number of rotatable bonds is 4. The molecule has 3 heteroatoms. The van der Waals surface area contributed by atoms with E-state index in [0.29, 0.717) is 6.04 Å². The number of benzene rings is 1. The minimum absolute atomic E-state index is 0.141. The fourth-order valence-corrected chi connectivity index (χ4v) is 2.41. The third-order valence-corrected chi connectivity index (χ3v) is 3.84. The molecular formula is C15H19NO2. The van der Waals surface area contributed by atoms with Crippen molar-refractivity contribution in [2.24, 2.45) is 5.92 Å². The Kier molecular flexibility index (Phi) is 2.77. The molecule has 0 spiro atoms. The Morgan fingerprint density at radius 3 is 2.61 bits per heavy atom. The number of carbonyl (C=O) groups excluding carboxylic acids is 1. The Hall–Kier alpha value is -1.51. The van der Waals surface area contributed by atoms with Crippen LogP contribution in [0.2, 0.25) is 0 Å². The molecule has 0 unspecified atom stereocenters. The van der Waals surface area contributed by atoms with Gasteiger partial charge in [-0.05, 0) is 62.3 Å². The smallest absolute Gasteiger partial charge is 0.254 e. The van der Waals surface area contributed by atoms with Gasteiger partial charge in [0, 0.05) is 18.2 Å². The lowest BCUT2D eigenvalue weighted by atomic mass is 10.1. The van der Waals surface area contributed by atoms with Crippen molar-refractivity contribution < 1.29 is 9.90 Å². The van der Waals surface area contributed by atoms with Gasteiger partial charge >= 0.3 is 0 Å². The van der Waals surface area contributed by atoms with Gasteiger partial charge in [-0.1, -0.05) is 0 Å². The van der Waals surface area contributed by atoms with Crippen LogP contribution in [0.3, 0.4) is 0 Å².